The van der Waals surface area contributed by atoms with Crippen LogP contribution in [0.25, 0.3) is 6.08 Å². The van der Waals surface area contributed by atoms with Crippen molar-refractivity contribution >= 4 is 49.3 Å². The fraction of sp³-hybridized carbons (Fsp3) is 0. The summed E-state index contributed by atoms with van der Waals surface area (Å²) in [5.41, 5.74) is 1.27. The molecule has 20 heavy (non-hydrogen) atoms. The molecule has 0 radical (unpaired) electrons. The van der Waals surface area contributed by atoms with Crippen molar-refractivity contribution in [3.63, 3.8) is 0 Å². The average molecular weight is 373 g/mol. The summed E-state index contributed by atoms with van der Waals surface area (Å²) < 4.78 is 27.1. The third-order valence-electron chi connectivity index (χ3n) is 2.41. The SMILES string of the molecule is O=S(=O)(C=Cc1ccc(Cl)cc1)Nc1ccc(Br)cc1. The lowest BCUT2D eigenvalue weighted by molar-refractivity contribution is 0.609. The molecule has 0 aliphatic heterocycles. The van der Waals surface area contributed by atoms with Crippen LogP contribution in [0.2, 0.25) is 5.02 Å². The maximum Gasteiger partial charge on any atom is 0.255 e. The minimum Gasteiger partial charge on any atom is -0.280 e. The van der Waals surface area contributed by atoms with E-state index in [9.17, 15) is 8.42 Å². The van der Waals surface area contributed by atoms with Gasteiger partial charge in [-0.1, -0.05) is 39.7 Å². The van der Waals surface area contributed by atoms with Gasteiger partial charge in [-0.05, 0) is 48.0 Å². The van der Waals surface area contributed by atoms with Gasteiger partial charge >= 0.3 is 0 Å². The Hall–Kier alpha value is -1.30. The van der Waals surface area contributed by atoms with Crippen molar-refractivity contribution in [1.82, 2.24) is 0 Å². The summed E-state index contributed by atoms with van der Waals surface area (Å²) in [5.74, 6) is 0. The monoisotopic (exact) mass is 371 g/mol. The Morgan fingerprint density at radius 1 is 1.00 bits per heavy atom. The zero-order valence-corrected chi connectivity index (χ0v) is 13.4. The van der Waals surface area contributed by atoms with Crippen LogP contribution < -0.4 is 4.72 Å². The minimum absolute atomic E-state index is 0.508. The molecule has 0 atom stereocenters. The highest BCUT2D eigenvalue weighted by molar-refractivity contribution is 9.10. The second kappa shape index (κ2) is 6.43. The van der Waals surface area contributed by atoms with Crippen LogP contribution in [-0.2, 0) is 10.0 Å². The third-order valence-corrected chi connectivity index (χ3v) is 4.21. The molecule has 2 aromatic carbocycles. The molecule has 3 nitrogen and oxygen atoms in total. The highest BCUT2D eigenvalue weighted by Crippen LogP contribution is 2.16. The van der Waals surface area contributed by atoms with Gasteiger partial charge in [0.1, 0.15) is 0 Å². The summed E-state index contributed by atoms with van der Waals surface area (Å²) in [5, 5.41) is 1.73. The second-order valence-corrected chi connectivity index (χ2v) is 6.93. The van der Waals surface area contributed by atoms with Crippen LogP contribution in [0, 0.1) is 0 Å². The van der Waals surface area contributed by atoms with E-state index in [-0.39, 0.29) is 0 Å². The van der Waals surface area contributed by atoms with E-state index in [2.05, 4.69) is 20.7 Å². The first-order valence-corrected chi connectivity index (χ1v) is 8.38. The fourth-order valence-corrected chi connectivity index (χ4v) is 2.72. The number of halogens is 2. The molecule has 0 aliphatic rings. The van der Waals surface area contributed by atoms with E-state index >= 15 is 0 Å². The lowest BCUT2D eigenvalue weighted by Gasteiger charge is -2.04. The summed E-state index contributed by atoms with van der Waals surface area (Å²) in [4.78, 5) is 0. The standard InChI is InChI=1S/C14H11BrClNO2S/c15-12-3-7-14(8-4-12)17-20(18,19)10-9-11-1-5-13(16)6-2-11/h1-10,17H. The molecule has 2 aromatic rings. The van der Waals surface area contributed by atoms with Gasteiger partial charge in [-0.25, -0.2) is 8.42 Å². The van der Waals surface area contributed by atoms with Gasteiger partial charge in [0.05, 0.1) is 5.41 Å². The van der Waals surface area contributed by atoms with Gasteiger partial charge in [-0.15, -0.1) is 0 Å². The van der Waals surface area contributed by atoms with Crippen LogP contribution in [0.5, 0.6) is 0 Å². The van der Waals surface area contributed by atoms with E-state index < -0.39 is 10.0 Å². The van der Waals surface area contributed by atoms with Gasteiger partial charge in [0.2, 0.25) is 0 Å². The van der Waals surface area contributed by atoms with Crippen molar-refractivity contribution in [3.05, 3.63) is 69.0 Å². The quantitative estimate of drug-likeness (QED) is 0.858. The zero-order valence-electron chi connectivity index (χ0n) is 10.3. The molecule has 0 fully saturated rings. The first-order valence-electron chi connectivity index (χ1n) is 5.67. The lowest BCUT2D eigenvalue weighted by atomic mass is 10.2. The van der Waals surface area contributed by atoms with Crippen LogP contribution in [0.15, 0.2) is 58.4 Å². The van der Waals surface area contributed by atoms with Crippen molar-refractivity contribution in [1.29, 1.82) is 0 Å². The third kappa shape index (κ3) is 4.67. The molecule has 0 bridgehead atoms. The fourth-order valence-electron chi connectivity index (χ4n) is 1.46. The number of benzene rings is 2. The molecule has 0 unspecified atom stereocenters. The zero-order chi connectivity index (χ0) is 14.6. The second-order valence-electron chi connectivity index (χ2n) is 4.01. The van der Waals surface area contributed by atoms with E-state index in [0.717, 1.165) is 15.4 Å². The molecular weight excluding hydrogens is 362 g/mol. The Labute approximate surface area is 131 Å². The Morgan fingerprint density at radius 3 is 2.20 bits per heavy atom. The molecule has 104 valence electrons. The van der Waals surface area contributed by atoms with E-state index in [1.54, 1.807) is 48.5 Å². The minimum atomic E-state index is -3.53. The summed E-state index contributed by atoms with van der Waals surface area (Å²) in [6.07, 6.45) is 1.51. The van der Waals surface area contributed by atoms with Crippen LogP contribution in [-0.4, -0.2) is 8.42 Å². The van der Waals surface area contributed by atoms with Gasteiger partial charge in [0.25, 0.3) is 10.0 Å². The van der Waals surface area contributed by atoms with Gasteiger partial charge in [-0.2, -0.15) is 0 Å². The normalized spacial score (nSPS) is 11.7. The molecule has 0 spiro atoms. The Kier molecular flexibility index (Phi) is 4.86. The summed E-state index contributed by atoms with van der Waals surface area (Å²) in [6.45, 7) is 0. The number of anilines is 1. The highest BCUT2D eigenvalue weighted by Gasteiger charge is 2.05. The van der Waals surface area contributed by atoms with Crippen molar-refractivity contribution < 1.29 is 8.42 Å². The summed E-state index contributed by atoms with van der Waals surface area (Å²) in [7, 11) is -3.53. The Morgan fingerprint density at radius 2 is 1.60 bits per heavy atom. The molecule has 0 heterocycles. The maximum absolute atomic E-state index is 11.9. The molecule has 0 aliphatic carbocycles. The molecule has 0 saturated carbocycles. The first kappa shape index (κ1) is 15.1. The first-order chi connectivity index (χ1) is 9.44. The predicted octanol–water partition coefficient (Wildman–Crippen LogP) is 4.52. The lowest BCUT2D eigenvalue weighted by Crippen LogP contribution is -2.08. The van der Waals surface area contributed by atoms with E-state index in [0.29, 0.717) is 10.7 Å². The maximum atomic E-state index is 11.9. The smallest absolute Gasteiger partial charge is 0.255 e. The van der Waals surface area contributed by atoms with Crippen molar-refractivity contribution in [3.8, 4) is 0 Å². The summed E-state index contributed by atoms with van der Waals surface area (Å²) in [6, 6.07) is 13.8. The van der Waals surface area contributed by atoms with E-state index in [1.165, 1.54) is 6.08 Å². The van der Waals surface area contributed by atoms with Gasteiger partial charge in [0, 0.05) is 15.2 Å². The van der Waals surface area contributed by atoms with E-state index in [4.69, 9.17) is 11.6 Å². The van der Waals surface area contributed by atoms with Crippen LogP contribution in [0.3, 0.4) is 0 Å². The topological polar surface area (TPSA) is 46.2 Å². The highest BCUT2D eigenvalue weighted by atomic mass is 79.9. The van der Waals surface area contributed by atoms with Crippen molar-refractivity contribution in [2.75, 3.05) is 4.72 Å². The largest absolute Gasteiger partial charge is 0.280 e. The van der Waals surface area contributed by atoms with E-state index in [1.807, 2.05) is 0 Å². The van der Waals surface area contributed by atoms with Crippen molar-refractivity contribution in [2.24, 2.45) is 0 Å². The Bertz CT molecular complexity index is 710. The molecule has 0 saturated heterocycles. The van der Waals surface area contributed by atoms with Crippen LogP contribution in [0.1, 0.15) is 5.56 Å². The molecule has 1 N–H and O–H groups in total. The number of hydrogen-bond acceptors (Lipinski definition) is 2. The van der Waals surface area contributed by atoms with Crippen LogP contribution >= 0.6 is 27.5 Å². The summed E-state index contributed by atoms with van der Waals surface area (Å²) >= 11 is 9.05. The molecule has 0 amide bonds. The predicted molar refractivity (Wildman–Crippen MR) is 87.2 cm³/mol. The van der Waals surface area contributed by atoms with Crippen molar-refractivity contribution in [2.45, 2.75) is 0 Å². The van der Waals surface area contributed by atoms with Gasteiger partial charge in [0.15, 0.2) is 0 Å². The molecule has 6 heteroatoms. The molecule has 2 rings (SSSR count). The number of sulfonamides is 1. The van der Waals surface area contributed by atoms with Gasteiger partial charge in [-0.3, -0.25) is 4.72 Å². The van der Waals surface area contributed by atoms with Crippen LogP contribution in [0.4, 0.5) is 5.69 Å². The molecule has 0 aromatic heterocycles. The average Bonchev–Trinajstić information content (AvgIpc) is 2.41. The number of hydrogen-bond donors (Lipinski definition) is 1. The number of rotatable bonds is 4. The molecular formula is C14H11BrClNO2S. The Balaban J connectivity index is 2.11. The number of nitrogens with one attached hydrogen (secondary N) is 1. The van der Waals surface area contributed by atoms with Gasteiger partial charge < -0.3 is 0 Å².